The number of carbonyl (C=O) groups excluding carboxylic acids is 2. The number of benzene rings is 4. The van der Waals surface area contributed by atoms with Crippen LogP contribution < -0.4 is 9.47 Å². The molecule has 0 fully saturated rings. The molecule has 208 valence electrons. The molecule has 0 saturated heterocycles. The van der Waals surface area contributed by atoms with Gasteiger partial charge in [0.25, 0.3) is 0 Å². The molecule has 0 heterocycles. The van der Waals surface area contributed by atoms with Crippen molar-refractivity contribution in [3.63, 3.8) is 0 Å². The first-order chi connectivity index (χ1) is 20.6. The average Bonchev–Trinajstić information content (AvgIpc) is 3.02. The molecule has 0 radical (unpaired) electrons. The van der Waals surface area contributed by atoms with E-state index in [1.807, 2.05) is 84.9 Å². The van der Waals surface area contributed by atoms with Crippen molar-refractivity contribution in [3.8, 4) is 36.2 Å². The number of hydrogen-bond acceptors (Lipinski definition) is 4. The van der Waals surface area contributed by atoms with Crippen molar-refractivity contribution in [2.45, 2.75) is 38.5 Å². The third-order valence-electron chi connectivity index (χ3n) is 6.53. The van der Waals surface area contributed by atoms with Crippen molar-refractivity contribution in [2.24, 2.45) is 0 Å². The summed E-state index contributed by atoms with van der Waals surface area (Å²) in [6.07, 6.45) is 13.4. The van der Waals surface area contributed by atoms with E-state index in [-0.39, 0.29) is 24.8 Å². The molecule has 0 N–H and O–H groups in total. The monoisotopic (exact) mass is 552 g/mol. The maximum absolute atomic E-state index is 12.2. The van der Waals surface area contributed by atoms with Crippen LogP contribution in [0, 0.1) is 24.7 Å². The van der Waals surface area contributed by atoms with Crippen LogP contribution in [0.25, 0.3) is 11.1 Å². The maximum Gasteiger partial charge on any atom is 0.311 e. The van der Waals surface area contributed by atoms with Gasteiger partial charge < -0.3 is 9.47 Å². The Kier molecular flexibility index (Phi) is 10.9. The highest BCUT2D eigenvalue weighted by Crippen LogP contribution is 2.37. The Hall–Kier alpha value is -5.32. The van der Waals surface area contributed by atoms with Gasteiger partial charge in [-0.3, -0.25) is 9.59 Å². The molecule has 4 rings (SSSR count). The molecule has 4 heteroatoms. The molecule has 4 aromatic rings. The van der Waals surface area contributed by atoms with Gasteiger partial charge in [-0.15, -0.1) is 24.7 Å². The second kappa shape index (κ2) is 15.5. The second-order valence-corrected chi connectivity index (χ2v) is 9.59. The van der Waals surface area contributed by atoms with Crippen molar-refractivity contribution in [1.29, 1.82) is 0 Å². The number of esters is 2. The zero-order valence-corrected chi connectivity index (χ0v) is 23.4. The summed E-state index contributed by atoms with van der Waals surface area (Å²) in [5, 5.41) is 0. The van der Waals surface area contributed by atoms with Gasteiger partial charge in [0.1, 0.15) is 11.5 Å². The molecule has 0 saturated carbocycles. The molecule has 0 amide bonds. The van der Waals surface area contributed by atoms with Crippen molar-refractivity contribution < 1.29 is 19.1 Å². The number of unbranched alkanes of at least 4 members (excludes halogenated alkanes) is 2. The Morgan fingerprint density at radius 2 is 0.833 bits per heavy atom. The van der Waals surface area contributed by atoms with E-state index in [4.69, 9.17) is 22.3 Å². The number of rotatable bonds is 12. The van der Waals surface area contributed by atoms with Gasteiger partial charge in [-0.2, -0.15) is 0 Å². The third kappa shape index (κ3) is 8.34. The number of hydrogen-bond donors (Lipinski definition) is 0. The summed E-state index contributed by atoms with van der Waals surface area (Å²) in [6.45, 7) is 0. The highest BCUT2D eigenvalue weighted by Gasteiger charge is 2.17. The Labute approximate surface area is 248 Å². The van der Waals surface area contributed by atoms with E-state index in [9.17, 15) is 9.59 Å². The first kappa shape index (κ1) is 29.7. The normalized spacial score (nSPS) is 11.0. The predicted octanol–water partition coefficient (Wildman–Crippen LogP) is 8.11. The van der Waals surface area contributed by atoms with Crippen LogP contribution in [0.1, 0.15) is 60.8 Å². The molecule has 0 aliphatic rings. The Morgan fingerprint density at radius 3 is 1.17 bits per heavy atom. The molecule has 0 unspecified atom stereocenters. The fourth-order valence-corrected chi connectivity index (χ4v) is 4.53. The molecule has 0 atom stereocenters. The van der Waals surface area contributed by atoms with E-state index >= 15 is 0 Å². The smallest absolute Gasteiger partial charge is 0.311 e. The fraction of sp³-hybridized carbons (Fsp3) is 0.158. The van der Waals surface area contributed by atoms with Crippen molar-refractivity contribution in [3.05, 3.63) is 131 Å². The molecule has 0 bridgehead atoms. The van der Waals surface area contributed by atoms with Crippen LogP contribution in [0.3, 0.4) is 0 Å². The van der Waals surface area contributed by atoms with Gasteiger partial charge in [-0.25, -0.2) is 0 Å². The van der Waals surface area contributed by atoms with Crippen LogP contribution in [0.4, 0.5) is 0 Å². The van der Waals surface area contributed by atoms with Gasteiger partial charge >= 0.3 is 11.9 Å². The molecule has 0 aliphatic heterocycles. The van der Waals surface area contributed by atoms with Gasteiger partial charge in [0, 0.05) is 25.7 Å². The first-order valence-electron chi connectivity index (χ1n) is 13.9. The lowest BCUT2D eigenvalue weighted by atomic mass is 9.86. The van der Waals surface area contributed by atoms with Gasteiger partial charge in [0.2, 0.25) is 0 Å². The SMILES string of the molecule is C#CCCCC(=O)Oc1ccc(C(=C(c2ccccc2)c2ccc(OC(=O)CCCC#C)cc2)c2ccccc2)cc1. The summed E-state index contributed by atoms with van der Waals surface area (Å²) in [5.74, 6) is 5.42. The van der Waals surface area contributed by atoms with Crippen molar-refractivity contribution in [1.82, 2.24) is 0 Å². The minimum absolute atomic E-state index is 0.273. The largest absolute Gasteiger partial charge is 0.427 e. The molecule has 42 heavy (non-hydrogen) atoms. The van der Waals surface area contributed by atoms with E-state index in [0.29, 0.717) is 37.2 Å². The Balaban J connectivity index is 1.74. The summed E-state index contributed by atoms with van der Waals surface area (Å²) in [5.41, 5.74) is 5.98. The summed E-state index contributed by atoms with van der Waals surface area (Å²) in [4.78, 5) is 24.5. The van der Waals surface area contributed by atoms with Crippen molar-refractivity contribution in [2.75, 3.05) is 0 Å². The van der Waals surface area contributed by atoms with E-state index < -0.39 is 0 Å². The first-order valence-corrected chi connectivity index (χ1v) is 13.9. The maximum atomic E-state index is 12.2. The Morgan fingerprint density at radius 1 is 0.500 bits per heavy atom. The molecule has 0 spiro atoms. The lowest BCUT2D eigenvalue weighted by Crippen LogP contribution is -2.07. The van der Waals surface area contributed by atoms with Gasteiger partial charge in [0.05, 0.1) is 0 Å². The molecule has 0 aromatic heterocycles. The minimum atomic E-state index is -0.307. The topological polar surface area (TPSA) is 52.6 Å². The predicted molar refractivity (Wildman–Crippen MR) is 167 cm³/mol. The van der Waals surface area contributed by atoms with Crippen LogP contribution >= 0.6 is 0 Å². The van der Waals surface area contributed by atoms with E-state index in [1.54, 1.807) is 0 Å². The lowest BCUT2D eigenvalue weighted by molar-refractivity contribution is -0.135. The standard InChI is InChI=1S/C38H32O4/c1-3-5-9-19-35(39)41-33-25-21-31(22-26-33)37(29-15-11-7-12-16-29)38(30-17-13-8-14-18-30)32-23-27-34(28-24-32)42-36(40)20-10-6-4-2/h1-2,7-8,11-18,21-28H,5-6,9-10,19-20H2. The van der Waals surface area contributed by atoms with Crippen LogP contribution in [0.5, 0.6) is 11.5 Å². The molecule has 0 aliphatic carbocycles. The molecule has 4 aromatic carbocycles. The highest BCUT2D eigenvalue weighted by atomic mass is 16.5. The second-order valence-electron chi connectivity index (χ2n) is 9.59. The van der Waals surface area contributed by atoms with E-state index in [2.05, 4.69) is 36.1 Å². The number of carbonyl (C=O) groups is 2. The van der Waals surface area contributed by atoms with Crippen molar-refractivity contribution >= 4 is 23.1 Å². The lowest BCUT2D eigenvalue weighted by Gasteiger charge is -2.18. The van der Waals surface area contributed by atoms with Crippen LogP contribution in [0.15, 0.2) is 109 Å². The molecule has 4 nitrogen and oxygen atoms in total. The summed E-state index contributed by atoms with van der Waals surface area (Å²) in [7, 11) is 0. The number of ether oxygens (including phenoxy) is 2. The van der Waals surface area contributed by atoms with Crippen LogP contribution in [0.2, 0.25) is 0 Å². The van der Waals surface area contributed by atoms with Gasteiger partial charge in [0.15, 0.2) is 0 Å². The summed E-state index contributed by atoms with van der Waals surface area (Å²) < 4.78 is 11.1. The molecular weight excluding hydrogens is 520 g/mol. The zero-order chi connectivity index (χ0) is 29.6. The van der Waals surface area contributed by atoms with Gasteiger partial charge in [-0.1, -0.05) is 84.9 Å². The van der Waals surface area contributed by atoms with Gasteiger partial charge in [-0.05, 0) is 70.5 Å². The third-order valence-corrected chi connectivity index (χ3v) is 6.53. The highest BCUT2D eigenvalue weighted by molar-refractivity contribution is 6.04. The zero-order valence-electron chi connectivity index (χ0n) is 23.4. The fourth-order valence-electron chi connectivity index (χ4n) is 4.53. The summed E-state index contributed by atoms with van der Waals surface area (Å²) >= 11 is 0. The van der Waals surface area contributed by atoms with E-state index in [1.165, 1.54) is 0 Å². The van der Waals surface area contributed by atoms with Crippen LogP contribution in [-0.2, 0) is 9.59 Å². The number of terminal acetylenes is 2. The van der Waals surface area contributed by atoms with E-state index in [0.717, 1.165) is 33.4 Å². The molecular formula is C38H32O4. The Bertz CT molecular complexity index is 1460. The minimum Gasteiger partial charge on any atom is -0.427 e. The average molecular weight is 553 g/mol. The quantitative estimate of drug-likeness (QED) is 0.0586. The van der Waals surface area contributed by atoms with Crippen LogP contribution in [-0.4, -0.2) is 11.9 Å². The summed E-state index contributed by atoms with van der Waals surface area (Å²) in [6, 6.07) is 35.4.